The minimum atomic E-state index is 0.108. The number of nitrogens with two attached hydrogens (primary N) is 1. The van der Waals surface area contributed by atoms with E-state index in [0.717, 1.165) is 20.7 Å². The Hall–Kier alpha value is -0.780. The molecule has 0 fully saturated rings. The van der Waals surface area contributed by atoms with E-state index in [0.29, 0.717) is 0 Å². The van der Waals surface area contributed by atoms with Gasteiger partial charge in [-0.25, -0.2) is 0 Å². The highest BCUT2D eigenvalue weighted by atomic mass is 127. The average molecular weight is 385 g/mol. The van der Waals surface area contributed by atoms with E-state index in [1.54, 1.807) is 0 Å². The second-order valence-corrected chi connectivity index (χ2v) is 6.45. The molecule has 3 rings (SSSR count). The van der Waals surface area contributed by atoms with Crippen molar-refractivity contribution in [1.29, 1.82) is 0 Å². The van der Waals surface area contributed by atoms with Crippen molar-refractivity contribution in [1.82, 2.24) is 0 Å². The third-order valence-electron chi connectivity index (χ3n) is 3.52. The fourth-order valence-corrected chi connectivity index (χ4v) is 3.52. The maximum Gasteiger partial charge on any atom is 0.0648 e. The highest BCUT2D eigenvalue weighted by Gasteiger charge is 2.28. The first kappa shape index (κ1) is 13.2. The Bertz CT molecular complexity index is 615. The lowest BCUT2D eigenvalue weighted by Gasteiger charge is -2.16. The molecular formula is C15H14ClIN2. The number of benzene rings is 2. The lowest BCUT2D eigenvalue weighted by atomic mass is 10.1. The van der Waals surface area contributed by atoms with Crippen molar-refractivity contribution < 1.29 is 0 Å². The summed E-state index contributed by atoms with van der Waals surface area (Å²) in [6, 6.07) is 14.7. The first-order chi connectivity index (χ1) is 9.15. The van der Waals surface area contributed by atoms with E-state index in [4.69, 9.17) is 17.3 Å². The van der Waals surface area contributed by atoms with Crippen LogP contribution >= 0.6 is 34.2 Å². The first-order valence-corrected chi connectivity index (χ1v) is 7.67. The van der Waals surface area contributed by atoms with E-state index in [1.165, 1.54) is 11.1 Å². The summed E-state index contributed by atoms with van der Waals surface area (Å²) in [5.41, 5.74) is 9.67. The Morgan fingerprint density at radius 3 is 2.63 bits per heavy atom. The zero-order chi connectivity index (χ0) is 13.4. The minimum Gasteiger partial charge on any atom is -0.377 e. The third kappa shape index (κ3) is 2.59. The molecular weight excluding hydrogens is 371 g/mol. The fraction of sp³-hybridized carbons (Fsp3) is 0.200. The summed E-state index contributed by atoms with van der Waals surface area (Å²) in [6.07, 6.45) is 0.904. The topological polar surface area (TPSA) is 38.0 Å². The van der Waals surface area contributed by atoms with Crippen molar-refractivity contribution in [3.63, 3.8) is 0 Å². The number of halogens is 2. The van der Waals surface area contributed by atoms with Crippen LogP contribution in [0.15, 0.2) is 42.5 Å². The molecule has 19 heavy (non-hydrogen) atoms. The first-order valence-electron chi connectivity index (χ1n) is 6.21. The van der Waals surface area contributed by atoms with Crippen LogP contribution in [0.4, 0.5) is 5.69 Å². The molecule has 2 nitrogen and oxygen atoms in total. The van der Waals surface area contributed by atoms with Crippen LogP contribution in [-0.4, -0.2) is 0 Å². The second kappa shape index (κ2) is 5.31. The third-order valence-corrected chi connectivity index (χ3v) is 4.51. The van der Waals surface area contributed by atoms with Crippen LogP contribution in [0.2, 0.25) is 5.02 Å². The Morgan fingerprint density at radius 2 is 1.89 bits per heavy atom. The highest BCUT2D eigenvalue weighted by molar-refractivity contribution is 14.1. The molecule has 3 N–H and O–H groups in total. The van der Waals surface area contributed by atoms with Crippen molar-refractivity contribution in [3.8, 4) is 0 Å². The van der Waals surface area contributed by atoms with Crippen LogP contribution in [0.25, 0.3) is 0 Å². The van der Waals surface area contributed by atoms with E-state index in [2.05, 4.69) is 52.2 Å². The van der Waals surface area contributed by atoms with Crippen LogP contribution in [0.1, 0.15) is 29.6 Å². The summed E-state index contributed by atoms with van der Waals surface area (Å²) in [5, 5.41) is 4.26. The Morgan fingerprint density at radius 1 is 1.16 bits per heavy atom. The van der Waals surface area contributed by atoms with E-state index in [9.17, 15) is 0 Å². The molecule has 98 valence electrons. The van der Waals surface area contributed by atoms with E-state index in [-0.39, 0.29) is 12.1 Å². The van der Waals surface area contributed by atoms with Crippen molar-refractivity contribution >= 4 is 39.9 Å². The van der Waals surface area contributed by atoms with E-state index < -0.39 is 0 Å². The number of rotatable bonds is 2. The van der Waals surface area contributed by atoms with E-state index >= 15 is 0 Å². The quantitative estimate of drug-likeness (QED) is 0.748. The van der Waals surface area contributed by atoms with Crippen molar-refractivity contribution in [2.24, 2.45) is 5.73 Å². The molecule has 2 aromatic rings. The van der Waals surface area contributed by atoms with Crippen molar-refractivity contribution in [3.05, 3.63) is 62.2 Å². The predicted molar refractivity (Wildman–Crippen MR) is 88.5 cm³/mol. The summed E-state index contributed by atoms with van der Waals surface area (Å²) >= 11 is 8.53. The van der Waals surface area contributed by atoms with Gasteiger partial charge >= 0.3 is 0 Å². The second-order valence-electron chi connectivity index (χ2n) is 4.79. The maximum atomic E-state index is 6.27. The molecule has 1 aliphatic rings. The van der Waals surface area contributed by atoms with Gasteiger partial charge in [-0.2, -0.15) is 0 Å². The molecule has 0 aromatic heterocycles. The van der Waals surface area contributed by atoms with Crippen LogP contribution in [0, 0.1) is 3.57 Å². The van der Waals surface area contributed by atoms with Crippen LogP contribution in [0.5, 0.6) is 0 Å². The van der Waals surface area contributed by atoms with Gasteiger partial charge in [0.1, 0.15) is 0 Å². The Labute approximate surface area is 131 Å². The Kier molecular flexibility index (Phi) is 3.69. The fourth-order valence-electron chi connectivity index (χ4n) is 2.60. The number of nitrogens with one attached hydrogen (secondary N) is 1. The van der Waals surface area contributed by atoms with Crippen molar-refractivity contribution in [2.45, 2.75) is 18.5 Å². The number of hydrogen-bond donors (Lipinski definition) is 2. The molecule has 1 aliphatic carbocycles. The van der Waals surface area contributed by atoms with Crippen LogP contribution in [0.3, 0.4) is 0 Å². The molecule has 0 heterocycles. The molecule has 0 spiro atoms. The molecule has 0 bridgehead atoms. The van der Waals surface area contributed by atoms with Gasteiger partial charge in [0.15, 0.2) is 0 Å². The van der Waals surface area contributed by atoms with Gasteiger partial charge in [0.25, 0.3) is 0 Å². The highest BCUT2D eigenvalue weighted by Crippen LogP contribution is 2.40. The number of fused-ring (bicyclic) bond motifs is 1. The molecule has 2 unspecified atom stereocenters. The molecule has 0 saturated heterocycles. The summed E-state index contributed by atoms with van der Waals surface area (Å²) in [7, 11) is 0. The Balaban J connectivity index is 1.89. The molecule has 0 aliphatic heterocycles. The summed E-state index contributed by atoms with van der Waals surface area (Å²) in [4.78, 5) is 0. The number of anilines is 1. The zero-order valence-corrected chi connectivity index (χ0v) is 13.1. The van der Waals surface area contributed by atoms with Gasteiger partial charge in [0.2, 0.25) is 0 Å². The molecule has 4 heteroatoms. The predicted octanol–water partition coefficient (Wildman–Crippen LogP) is 4.50. The average Bonchev–Trinajstić information content (AvgIpc) is 2.71. The molecule has 2 aromatic carbocycles. The molecule has 0 radical (unpaired) electrons. The smallest absolute Gasteiger partial charge is 0.0648 e. The van der Waals surface area contributed by atoms with Gasteiger partial charge < -0.3 is 11.1 Å². The molecule has 2 atom stereocenters. The van der Waals surface area contributed by atoms with Gasteiger partial charge in [-0.05, 0) is 58.3 Å². The lowest BCUT2D eigenvalue weighted by Crippen LogP contribution is -2.10. The van der Waals surface area contributed by atoms with Crippen molar-refractivity contribution in [2.75, 3.05) is 5.32 Å². The van der Waals surface area contributed by atoms with Gasteiger partial charge in [-0.1, -0.05) is 35.9 Å². The lowest BCUT2D eigenvalue weighted by molar-refractivity contribution is 0.648. The van der Waals surface area contributed by atoms with Gasteiger partial charge in [-0.15, -0.1) is 0 Å². The summed E-state index contributed by atoms with van der Waals surface area (Å²) in [6.45, 7) is 0. The molecule has 0 saturated carbocycles. The van der Waals surface area contributed by atoms with Gasteiger partial charge in [0, 0.05) is 9.61 Å². The summed E-state index contributed by atoms with van der Waals surface area (Å²) in [5.74, 6) is 0. The van der Waals surface area contributed by atoms with Gasteiger partial charge in [-0.3, -0.25) is 0 Å². The molecule has 0 amide bonds. The standard InChI is InChI=1S/C15H14ClIN2/c16-12-7-9(17)5-6-14(12)19-15-8-13(18)10-3-1-2-4-11(10)15/h1-7,13,15,19H,8,18H2. The monoisotopic (exact) mass is 384 g/mol. The van der Waals surface area contributed by atoms with Gasteiger partial charge in [0.05, 0.1) is 16.8 Å². The van der Waals surface area contributed by atoms with E-state index in [1.807, 2.05) is 18.2 Å². The maximum absolute atomic E-state index is 6.27. The minimum absolute atomic E-state index is 0.108. The zero-order valence-electron chi connectivity index (χ0n) is 10.2. The summed E-state index contributed by atoms with van der Waals surface area (Å²) < 4.78 is 1.14. The largest absolute Gasteiger partial charge is 0.377 e. The normalized spacial score (nSPS) is 21.2. The SMILES string of the molecule is NC1CC(Nc2ccc(I)cc2Cl)c2ccccc21. The van der Waals surface area contributed by atoms with Crippen LogP contribution in [-0.2, 0) is 0 Å². The number of hydrogen-bond acceptors (Lipinski definition) is 2. The van der Waals surface area contributed by atoms with Crippen LogP contribution < -0.4 is 11.1 Å².